The predicted molar refractivity (Wildman–Crippen MR) is 86.3 cm³/mol. The van der Waals surface area contributed by atoms with Crippen LogP contribution < -0.4 is 0 Å². The summed E-state index contributed by atoms with van der Waals surface area (Å²) in [6, 6.07) is 11.6. The first-order valence-corrected chi connectivity index (χ1v) is 8.09. The summed E-state index contributed by atoms with van der Waals surface area (Å²) in [5.41, 5.74) is 1.40. The first-order valence-electron chi connectivity index (χ1n) is 6.97. The van der Waals surface area contributed by atoms with E-state index in [2.05, 4.69) is 27.8 Å². The van der Waals surface area contributed by atoms with Gasteiger partial charge in [0, 0.05) is 23.8 Å². The average Bonchev–Trinajstić information content (AvgIpc) is 2.50. The van der Waals surface area contributed by atoms with Crippen molar-refractivity contribution >= 4 is 32.7 Å². The first kappa shape index (κ1) is 15.0. The average molecular weight is 335 g/mol. The van der Waals surface area contributed by atoms with E-state index in [1.165, 1.54) is 0 Å². The fourth-order valence-corrected chi connectivity index (χ4v) is 2.54. The number of carbonyl (C=O) groups is 1. The normalized spacial score (nSPS) is 10.7. The van der Waals surface area contributed by atoms with Crippen molar-refractivity contribution in [2.24, 2.45) is 0 Å². The fraction of sp³-hybridized carbons (Fsp3) is 0.375. The Kier molecular flexibility index (Phi) is 5.53. The summed E-state index contributed by atoms with van der Waals surface area (Å²) in [6.45, 7) is 3.63. The predicted octanol–water partition coefficient (Wildman–Crippen LogP) is 3.87. The molecule has 2 rings (SSSR count). The molecule has 1 heterocycles. The molecule has 106 valence electrons. The molecule has 1 amide bonds. The van der Waals surface area contributed by atoms with Crippen molar-refractivity contribution < 1.29 is 4.79 Å². The van der Waals surface area contributed by atoms with E-state index in [-0.39, 0.29) is 5.91 Å². The largest absolute Gasteiger partial charge is 0.336 e. The Bertz CT molecular complexity index is 585. The summed E-state index contributed by atoms with van der Waals surface area (Å²) < 4.78 is 0. The van der Waals surface area contributed by atoms with Crippen LogP contribution in [0.4, 0.5) is 0 Å². The Hall–Kier alpha value is -1.42. The third kappa shape index (κ3) is 3.57. The van der Waals surface area contributed by atoms with Crippen LogP contribution in [0.15, 0.2) is 36.4 Å². The van der Waals surface area contributed by atoms with Crippen LogP contribution in [0.3, 0.4) is 0 Å². The summed E-state index contributed by atoms with van der Waals surface area (Å²) >= 11 is 3.41. The molecule has 1 aromatic carbocycles. The molecule has 0 saturated carbocycles. The van der Waals surface area contributed by atoms with E-state index in [0.29, 0.717) is 12.2 Å². The number of hydrogen-bond acceptors (Lipinski definition) is 2. The van der Waals surface area contributed by atoms with E-state index >= 15 is 0 Å². The van der Waals surface area contributed by atoms with Gasteiger partial charge < -0.3 is 4.90 Å². The number of rotatable bonds is 6. The van der Waals surface area contributed by atoms with Gasteiger partial charge in [0.05, 0.1) is 5.52 Å². The van der Waals surface area contributed by atoms with Crippen LogP contribution in [0, 0.1) is 0 Å². The Morgan fingerprint density at radius 3 is 2.75 bits per heavy atom. The second-order valence-electron chi connectivity index (χ2n) is 4.72. The molecule has 0 N–H and O–H groups in total. The number of nitrogens with zero attached hydrogens (tertiary/aromatic N) is 2. The highest BCUT2D eigenvalue weighted by molar-refractivity contribution is 9.09. The SMILES string of the molecule is CCCCN(CCBr)C(=O)c1ccc2ccccc2n1. The van der Waals surface area contributed by atoms with Gasteiger partial charge >= 0.3 is 0 Å². The van der Waals surface area contributed by atoms with Crippen molar-refractivity contribution in [1.29, 1.82) is 0 Å². The molecule has 4 heteroatoms. The molecule has 0 atom stereocenters. The highest BCUT2D eigenvalue weighted by Crippen LogP contribution is 2.13. The monoisotopic (exact) mass is 334 g/mol. The molecule has 0 aliphatic rings. The van der Waals surface area contributed by atoms with Gasteiger partial charge in [0.2, 0.25) is 0 Å². The van der Waals surface area contributed by atoms with Crippen molar-refractivity contribution in [3.63, 3.8) is 0 Å². The molecule has 0 unspecified atom stereocenters. The van der Waals surface area contributed by atoms with Crippen LogP contribution in [0.25, 0.3) is 10.9 Å². The lowest BCUT2D eigenvalue weighted by molar-refractivity contribution is 0.0759. The van der Waals surface area contributed by atoms with E-state index in [1.54, 1.807) is 0 Å². The van der Waals surface area contributed by atoms with Crippen molar-refractivity contribution in [1.82, 2.24) is 9.88 Å². The zero-order valence-electron chi connectivity index (χ0n) is 11.7. The maximum atomic E-state index is 12.5. The van der Waals surface area contributed by atoms with Crippen LogP contribution in [0.1, 0.15) is 30.3 Å². The second kappa shape index (κ2) is 7.39. The molecule has 0 bridgehead atoms. The lowest BCUT2D eigenvalue weighted by atomic mass is 10.2. The molecule has 0 spiro atoms. The second-order valence-corrected chi connectivity index (χ2v) is 5.52. The van der Waals surface area contributed by atoms with Gasteiger partial charge in [-0.15, -0.1) is 0 Å². The summed E-state index contributed by atoms with van der Waals surface area (Å²) in [6.07, 6.45) is 2.10. The smallest absolute Gasteiger partial charge is 0.272 e. The van der Waals surface area contributed by atoms with Crippen LogP contribution in [-0.4, -0.2) is 34.2 Å². The number of carbonyl (C=O) groups excluding carboxylic acids is 1. The number of hydrogen-bond donors (Lipinski definition) is 0. The minimum absolute atomic E-state index is 0.0173. The number of fused-ring (bicyclic) bond motifs is 1. The van der Waals surface area contributed by atoms with E-state index in [4.69, 9.17) is 0 Å². The Morgan fingerprint density at radius 1 is 1.20 bits per heavy atom. The number of unbranched alkanes of at least 4 members (excludes halogenated alkanes) is 1. The van der Waals surface area contributed by atoms with Gasteiger partial charge in [-0.1, -0.05) is 53.5 Å². The van der Waals surface area contributed by atoms with Crippen molar-refractivity contribution in [2.75, 3.05) is 18.4 Å². The zero-order chi connectivity index (χ0) is 14.4. The van der Waals surface area contributed by atoms with E-state index in [0.717, 1.165) is 35.6 Å². The fourth-order valence-electron chi connectivity index (χ4n) is 2.11. The molecule has 0 aliphatic carbocycles. The third-order valence-electron chi connectivity index (χ3n) is 3.24. The highest BCUT2D eigenvalue weighted by Gasteiger charge is 2.16. The summed E-state index contributed by atoms with van der Waals surface area (Å²) in [4.78, 5) is 18.9. The van der Waals surface area contributed by atoms with Gasteiger partial charge in [-0.2, -0.15) is 0 Å². The van der Waals surface area contributed by atoms with E-state index < -0.39 is 0 Å². The zero-order valence-corrected chi connectivity index (χ0v) is 13.3. The van der Waals surface area contributed by atoms with Gasteiger partial charge in [-0.05, 0) is 18.6 Å². The molecule has 2 aromatic rings. The van der Waals surface area contributed by atoms with Gasteiger partial charge in [0.1, 0.15) is 5.69 Å². The summed E-state index contributed by atoms with van der Waals surface area (Å²) in [5, 5.41) is 1.85. The number of halogens is 1. The number of benzene rings is 1. The third-order valence-corrected chi connectivity index (χ3v) is 3.60. The molecular weight excluding hydrogens is 316 g/mol. The number of para-hydroxylation sites is 1. The topological polar surface area (TPSA) is 33.2 Å². The molecule has 3 nitrogen and oxygen atoms in total. The van der Waals surface area contributed by atoms with Crippen LogP contribution in [0.5, 0.6) is 0 Å². The highest BCUT2D eigenvalue weighted by atomic mass is 79.9. The van der Waals surface area contributed by atoms with Gasteiger partial charge in [-0.3, -0.25) is 4.79 Å². The minimum atomic E-state index is 0.0173. The molecule has 0 fully saturated rings. The van der Waals surface area contributed by atoms with Crippen LogP contribution >= 0.6 is 15.9 Å². The number of aromatic nitrogens is 1. The Labute approximate surface area is 128 Å². The molecular formula is C16H19BrN2O. The Balaban J connectivity index is 2.23. The van der Waals surface area contributed by atoms with Crippen molar-refractivity contribution in [2.45, 2.75) is 19.8 Å². The lowest BCUT2D eigenvalue weighted by Gasteiger charge is -2.21. The summed E-state index contributed by atoms with van der Waals surface area (Å²) in [7, 11) is 0. The van der Waals surface area contributed by atoms with Gasteiger partial charge in [0.15, 0.2) is 0 Å². The molecule has 0 radical (unpaired) electrons. The maximum Gasteiger partial charge on any atom is 0.272 e. The van der Waals surface area contributed by atoms with E-state index in [9.17, 15) is 4.79 Å². The van der Waals surface area contributed by atoms with E-state index in [1.807, 2.05) is 41.3 Å². The minimum Gasteiger partial charge on any atom is -0.336 e. The lowest BCUT2D eigenvalue weighted by Crippen LogP contribution is -2.34. The first-order chi connectivity index (χ1) is 9.76. The molecule has 20 heavy (non-hydrogen) atoms. The van der Waals surface area contributed by atoms with Gasteiger partial charge in [0.25, 0.3) is 5.91 Å². The standard InChI is InChI=1S/C16H19BrN2O/c1-2-3-11-19(12-10-17)16(20)15-9-8-13-6-4-5-7-14(13)18-15/h4-9H,2-3,10-12H2,1H3. The number of alkyl halides is 1. The van der Waals surface area contributed by atoms with Crippen molar-refractivity contribution in [3.05, 3.63) is 42.1 Å². The number of amides is 1. The molecule has 0 aliphatic heterocycles. The van der Waals surface area contributed by atoms with Gasteiger partial charge in [-0.25, -0.2) is 4.98 Å². The van der Waals surface area contributed by atoms with Crippen LogP contribution in [-0.2, 0) is 0 Å². The van der Waals surface area contributed by atoms with Crippen LogP contribution in [0.2, 0.25) is 0 Å². The maximum absolute atomic E-state index is 12.5. The quantitative estimate of drug-likeness (QED) is 0.751. The Morgan fingerprint density at radius 2 is 2.00 bits per heavy atom. The number of pyridine rings is 1. The molecule has 1 aromatic heterocycles. The van der Waals surface area contributed by atoms with Crippen molar-refractivity contribution in [3.8, 4) is 0 Å². The molecule has 0 saturated heterocycles. The summed E-state index contributed by atoms with van der Waals surface area (Å²) in [5.74, 6) is 0.0173.